The molecule has 1 heterocycles. The van der Waals surface area contributed by atoms with Gasteiger partial charge in [0, 0.05) is 0 Å². The fourth-order valence-electron chi connectivity index (χ4n) is 1.25. The molecular formula is C10H8ClNO2. The minimum atomic E-state index is -0.434. The van der Waals surface area contributed by atoms with Crippen molar-refractivity contribution in [2.24, 2.45) is 0 Å². The second-order valence-electron chi connectivity index (χ2n) is 2.99. The van der Waals surface area contributed by atoms with E-state index in [0.29, 0.717) is 10.7 Å². The highest BCUT2D eigenvalue weighted by atomic mass is 35.5. The molecule has 0 amide bonds. The Morgan fingerprint density at radius 3 is 2.79 bits per heavy atom. The Balaban J connectivity index is 2.63. The van der Waals surface area contributed by atoms with Gasteiger partial charge in [0.15, 0.2) is 0 Å². The molecule has 0 bridgehead atoms. The van der Waals surface area contributed by atoms with Gasteiger partial charge in [-0.05, 0) is 24.6 Å². The number of rotatable bonds is 1. The number of oxazole rings is 1. The second-order valence-corrected chi connectivity index (χ2v) is 3.40. The average molecular weight is 210 g/mol. The van der Waals surface area contributed by atoms with Crippen LogP contribution < -0.4 is 5.76 Å². The zero-order valence-corrected chi connectivity index (χ0v) is 8.28. The summed E-state index contributed by atoms with van der Waals surface area (Å²) in [5.41, 5.74) is 1.69. The van der Waals surface area contributed by atoms with Crippen LogP contribution in [-0.4, -0.2) is 4.57 Å². The first-order chi connectivity index (χ1) is 6.68. The molecule has 0 unspecified atom stereocenters. The zero-order valence-electron chi connectivity index (χ0n) is 7.53. The highest BCUT2D eigenvalue weighted by Gasteiger charge is 2.05. The smallest absolute Gasteiger partial charge is 0.416 e. The summed E-state index contributed by atoms with van der Waals surface area (Å²) in [7, 11) is 0. The molecule has 0 saturated heterocycles. The Bertz CT molecular complexity index is 513. The molecule has 0 N–H and O–H groups in total. The quantitative estimate of drug-likeness (QED) is 0.723. The molecule has 0 aliphatic heterocycles. The molecule has 0 aliphatic rings. The van der Waals surface area contributed by atoms with Crippen molar-refractivity contribution in [3.63, 3.8) is 0 Å². The molecule has 1 aromatic heterocycles. The number of benzene rings is 1. The summed E-state index contributed by atoms with van der Waals surface area (Å²) < 4.78 is 6.02. The maximum absolute atomic E-state index is 11.2. The summed E-state index contributed by atoms with van der Waals surface area (Å²) >= 11 is 5.99. The number of aryl methyl sites for hydroxylation is 1. The van der Waals surface area contributed by atoms with Crippen LogP contribution in [0.15, 0.2) is 39.9 Å². The van der Waals surface area contributed by atoms with Gasteiger partial charge in [0.2, 0.25) is 0 Å². The van der Waals surface area contributed by atoms with E-state index >= 15 is 0 Å². The monoisotopic (exact) mass is 209 g/mol. The summed E-state index contributed by atoms with van der Waals surface area (Å²) in [5, 5.41) is 0.536. The highest BCUT2D eigenvalue weighted by molar-refractivity contribution is 6.32. The van der Waals surface area contributed by atoms with Crippen molar-refractivity contribution in [1.82, 2.24) is 4.57 Å². The van der Waals surface area contributed by atoms with Crippen LogP contribution in [0.1, 0.15) is 5.56 Å². The van der Waals surface area contributed by atoms with Crippen LogP contribution in [0, 0.1) is 6.92 Å². The normalized spacial score (nSPS) is 10.4. The van der Waals surface area contributed by atoms with Crippen LogP contribution in [-0.2, 0) is 0 Å². The number of hydrogen-bond donors (Lipinski definition) is 0. The van der Waals surface area contributed by atoms with E-state index in [4.69, 9.17) is 11.6 Å². The topological polar surface area (TPSA) is 35.1 Å². The number of aromatic nitrogens is 1. The van der Waals surface area contributed by atoms with Gasteiger partial charge in [0.25, 0.3) is 0 Å². The largest absolute Gasteiger partial charge is 0.423 e. The van der Waals surface area contributed by atoms with Crippen LogP contribution in [0.4, 0.5) is 0 Å². The van der Waals surface area contributed by atoms with Crippen molar-refractivity contribution in [3.05, 3.63) is 51.8 Å². The van der Waals surface area contributed by atoms with E-state index in [0.717, 1.165) is 5.56 Å². The molecule has 72 valence electrons. The summed E-state index contributed by atoms with van der Waals surface area (Å²) in [6, 6.07) is 5.48. The number of halogens is 1. The van der Waals surface area contributed by atoms with E-state index in [1.807, 2.05) is 13.0 Å². The van der Waals surface area contributed by atoms with Gasteiger partial charge < -0.3 is 4.42 Å². The van der Waals surface area contributed by atoms with Gasteiger partial charge in [-0.25, -0.2) is 9.36 Å². The first-order valence-corrected chi connectivity index (χ1v) is 4.49. The van der Waals surface area contributed by atoms with Crippen LogP contribution >= 0.6 is 11.6 Å². The molecule has 0 spiro atoms. The molecule has 0 saturated carbocycles. The van der Waals surface area contributed by atoms with Crippen LogP contribution in [0.25, 0.3) is 5.69 Å². The number of hydrogen-bond acceptors (Lipinski definition) is 2. The van der Waals surface area contributed by atoms with Crippen LogP contribution in [0.5, 0.6) is 0 Å². The Kier molecular flexibility index (Phi) is 2.17. The third-order valence-corrected chi connectivity index (χ3v) is 2.24. The summed E-state index contributed by atoms with van der Waals surface area (Å²) in [4.78, 5) is 11.2. The van der Waals surface area contributed by atoms with Crippen molar-refractivity contribution in [2.45, 2.75) is 6.92 Å². The SMILES string of the molecule is Cc1ccc(-n2ccoc2=O)c(Cl)c1. The first-order valence-electron chi connectivity index (χ1n) is 4.11. The van der Waals surface area contributed by atoms with Crippen LogP contribution in [0.3, 0.4) is 0 Å². The maximum Gasteiger partial charge on any atom is 0.423 e. The molecule has 0 fully saturated rings. The van der Waals surface area contributed by atoms with Crippen molar-refractivity contribution in [2.75, 3.05) is 0 Å². The van der Waals surface area contributed by atoms with Gasteiger partial charge in [-0.2, -0.15) is 0 Å². The van der Waals surface area contributed by atoms with Gasteiger partial charge in [-0.3, -0.25) is 0 Å². The van der Waals surface area contributed by atoms with Gasteiger partial charge in [0.1, 0.15) is 6.26 Å². The summed E-state index contributed by atoms with van der Waals surface area (Å²) in [5.74, 6) is -0.434. The number of nitrogens with zero attached hydrogens (tertiary/aromatic N) is 1. The molecule has 0 atom stereocenters. The third kappa shape index (κ3) is 1.46. The van der Waals surface area contributed by atoms with Gasteiger partial charge in [0.05, 0.1) is 16.9 Å². The van der Waals surface area contributed by atoms with Gasteiger partial charge >= 0.3 is 5.76 Å². The molecular weight excluding hydrogens is 202 g/mol. The van der Waals surface area contributed by atoms with E-state index in [-0.39, 0.29) is 0 Å². The molecule has 0 aliphatic carbocycles. The first kappa shape index (κ1) is 9.09. The standard InChI is InChI=1S/C10H8ClNO2/c1-7-2-3-9(8(11)6-7)12-4-5-14-10(12)13/h2-6H,1H3. The van der Waals surface area contributed by atoms with Gasteiger partial charge in [-0.15, -0.1) is 0 Å². The Hall–Kier alpha value is -1.48. The molecule has 0 radical (unpaired) electrons. The molecule has 3 nitrogen and oxygen atoms in total. The lowest BCUT2D eigenvalue weighted by molar-refractivity contribution is 0.504. The fourth-order valence-corrected chi connectivity index (χ4v) is 1.58. The third-order valence-electron chi connectivity index (χ3n) is 1.94. The van der Waals surface area contributed by atoms with E-state index < -0.39 is 5.76 Å². The van der Waals surface area contributed by atoms with E-state index in [2.05, 4.69) is 4.42 Å². The lowest BCUT2D eigenvalue weighted by Gasteiger charge is -2.03. The highest BCUT2D eigenvalue weighted by Crippen LogP contribution is 2.20. The van der Waals surface area contributed by atoms with Gasteiger partial charge in [-0.1, -0.05) is 17.7 Å². The average Bonchev–Trinajstić information content (AvgIpc) is 2.52. The van der Waals surface area contributed by atoms with Crippen molar-refractivity contribution >= 4 is 11.6 Å². The Morgan fingerprint density at radius 1 is 1.43 bits per heavy atom. The molecule has 2 aromatic rings. The Labute approximate surface area is 85.5 Å². The fraction of sp³-hybridized carbons (Fsp3) is 0.100. The Morgan fingerprint density at radius 2 is 2.21 bits per heavy atom. The molecule has 2 rings (SSSR count). The lowest BCUT2D eigenvalue weighted by atomic mass is 10.2. The van der Waals surface area contributed by atoms with E-state index in [9.17, 15) is 4.79 Å². The second kappa shape index (κ2) is 3.35. The lowest BCUT2D eigenvalue weighted by Crippen LogP contribution is -2.11. The van der Waals surface area contributed by atoms with Crippen molar-refractivity contribution in [1.29, 1.82) is 0 Å². The summed E-state index contributed by atoms with van der Waals surface area (Å²) in [6.45, 7) is 1.94. The molecule has 4 heteroatoms. The minimum Gasteiger partial charge on any atom is -0.416 e. The van der Waals surface area contributed by atoms with E-state index in [1.54, 1.807) is 18.3 Å². The minimum absolute atomic E-state index is 0.434. The van der Waals surface area contributed by atoms with Crippen molar-refractivity contribution < 1.29 is 4.42 Å². The van der Waals surface area contributed by atoms with Crippen molar-refractivity contribution in [3.8, 4) is 5.69 Å². The molecule has 14 heavy (non-hydrogen) atoms. The summed E-state index contributed by atoms with van der Waals surface area (Å²) in [6.07, 6.45) is 2.87. The molecule has 1 aromatic carbocycles. The zero-order chi connectivity index (χ0) is 10.1. The predicted octanol–water partition coefficient (Wildman–Crippen LogP) is 2.39. The van der Waals surface area contributed by atoms with Crippen LogP contribution in [0.2, 0.25) is 5.02 Å². The predicted molar refractivity (Wildman–Crippen MR) is 54.1 cm³/mol. The van der Waals surface area contributed by atoms with E-state index in [1.165, 1.54) is 10.8 Å². The maximum atomic E-state index is 11.2.